The summed E-state index contributed by atoms with van der Waals surface area (Å²) in [6, 6.07) is 13.8. The third kappa shape index (κ3) is 4.22. The summed E-state index contributed by atoms with van der Waals surface area (Å²) in [4.78, 5) is 26.4. The molecule has 6 heteroatoms. The smallest absolute Gasteiger partial charge is 0.251 e. The Balaban J connectivity index is 1.88. The molecule has 0 bridgehead atoms. The van der Waals surface area contributed by atoms with E-state index in [9.17, 15) is 14.0 Å². The van der Waals surface area contributed by atoms with Gasteiger partial charge in [0.1, 0.15) is 5.82 Å². The molecule has 1 fully saturated rings. The van der Waals surface area contributed by atoms with Crippen LogP contribution in [0.1, 0.15) is 19.4 Å². The van der Waals surface area contributed by atoms with Crippen LogP contribution in [0.25, 0.3) is 11.1 Å². The third-order valence-electron chi connectivity index (χ3n) is 5.02. The number of hydrogen-bond donors (Lipinski definition) is 1. The van der Waals surface area contributed by atoms with E-state index in [0.29, 0.717) is 6.54 Å². The van der Waals surface area contributed by atoms with Gasteiger partial charge in [-0.1, -0.05) is 50.2 Å². The number of ether oxygens (including phenoxy) is 1. The molecule has 1 heterocycles. The molecule has 1 aliphatic rings. The van der Waals surface area contributed by atoms with Crippen molar-refractivity contribution in [1.82, 2.24) is 4.90 Å². The van der Waals surface area contributed by atoms with Crippen molar-refractivity contribution in [3.8, 4) is 11.1 Å². The molecule has 5 nitrogen and oxygen atoms in total. The Hall–Kier alpha value is -2.73. The monoisotopic (exact) mass is 384 g/mol. The van der Waals surface area contributed by atoms with Crippen LogP contribution < -0.4 is 5.73 Å². The molecule has 1 aliphatic heterocycles. The van der Waals surface area contributed by atoms with Crippen molar-refractivity contribution in [2.75, 3.05) is 19.7 Å². The summed E-state index contributed by atoms with van der Waals surface area (Å²) >= 11 is 0. The van der Waals surface area contributed by atoms with Crippen LogP contribution in [0, 0.1) is 11.7 Å². The summed E-state index contributed by atoms with van der Waals surface area (Å²) < 4.78 is 19.4. The number of rotatable bonds is 5. The fourth-order valence-electron chi connectivity index (χ4n) is 3.54. The van der Waals surface area contributed by atoms with Gasteiger partial charge in [-0.05, 0) is 28.8 Å². The predicted molar refractivity (Wildman–Crippen MR) is 105 cm³/mol. The van der Waals surface area contributed by atoms with Crippen LogP contribution in [0.2, 0.25) is 0 Å². The minimum Gasteiger partial charge on any atom is -0.367 e. The number of benzene rings is 2. The van der Waals surface area contributed by atoms with Crippen molar-refractivity contribution in [3.63, 3.8) is 0 Å². The Morgan fingerprint density at radius 1 is 1.18 bits per heavy atom. The topological polar surface area (TPSA) is 72.6 Å². The van der Waals surface area contributed by atoms with E-state index in [1.54, 1.807) is 11.0 Å². The van der Waals surface area contributed by atoms with Gasteiger partial charge in [-0.2, -0.15) is 0 Å². The highest BCUT2D eigenvalue weighted by atomic mass is 19.1. The van der Waals surface area contributed by atoms with E-state index in [4.69, 9.17) is 10.5 Å². The molecule has 3 rings (SSSR count). The first kappa shape index (κ1) is 20.0. The van der Waals surface area contributed by atoms with Crippen LogP contribution in [-0.4, -0.2) is 42.0 Å². The average molecular weight is 384 g/mol. The number of carbonyl (C=O) groups is 2. The molecule has 0 saturated carbocycles. The number of morpholine rings is 1. The Morgan fingerprint density at radius 3 is 2.50 bits per heavy atom. The fourth-order valence-corrected chi connectivity index (χ4v) is 3.54. The van der Waals surface area contributed by atoms with Gasteiger partial charge >= 0.3 is 0 Å². The summed E-state index contributed by atoms with van der Waals surface area (Å²) in [5.74, 6) is -1.10. The van der Waals surface area contributed by atoms with Crippen molar-refractivity contribution >= 4 is 11.8 Å². The SMILES string of the molecule is CC(C)C(=O)N1CCO[C@](Cc2cccc(-c3cccc(F)c3)c2)(C(N)=O)C1. The molecule has 2 aromatic carbocycles. The highest BCUT2D eigenvalue weighted by Gasteiger charge is 2.44. The maximum atomic E-state index is 13.6. The minimum atomic E-state index is -1.27. The molecule has 0 spiro atoms. The van der Waals surface area contributed by atoms with Crippen LogP contribution in [0.4, 0.5) is 4.39 Å². The van der Waals surface area contributed by atoms with Gasteiger partial charge in [0.15, 0.2) is 5.60 Å². The number of halogens is 1. The van der Waals surface area contributed by atoms with Crippen molar-refractivity contribution < 1.29 is 18.7 Å². The lowest BCUT2D eigenvalue weighted by Crippen LogP contribution is -2.61. The summed E-state index contributed by atoms with van der Waals surface area (Å²) in [6.07, 6.45) is 0.243. The molecule has 0 radical (unpaired) electrons. The molecule has 0 aliphatic carbocycles. The molecule has 1 atom stereocenters. The van der Waals surface area contributed by atoms with E-state index >= 15 is 0 Å². The number of carbonyl (C=O) groups excluding carboxylic acids is 2. The lowest BCUT2D eigenvalue weighted by molar-refractivity contribution is -0.165. The first-order valence-corrected chi connectivity index (χ1v) is 9.38. The first-order chi connectivity index (χ1) is 13.3. The van der Waals surface area contributed by atoms with Crippen molar-refractivity contribution in [1.29, 1.82) is 0 Å². The van der Waals surface area contributed by atoms with E-state index in [-0.39, 0.29) is 37.2 Å². The summed E-state index contributed by atoms with van der Waals surface area (Å²) in [6.45, 7) is 4.47. The summed E-state index contributed by atoms with van der Waals surface area (Å²) in [5.41, 5.74) is 6.85. The molecule has 2 amide bonds. The molecule has 0 aromatic heterocycles. The van der Waals surface area contributed by atoms with Crippen LogP contribution >= 0.6 is 0 Å². The zero-order valence-electron chi connectivity index (χ0n) is 16.2. The van der Waals surface area contributed by atoms with Gasteiger partial charge < -0.3 is 15.4 Å². The van der Waals surface area contributed by atoms with Gasteiger partial charge in [0, 0.05) is 18.9 Å². The molecule has 28 heavy (non-hydrogen) atoms. The Morgan fingerprint density at radius 2 is 1.86 bits per heavy atom. The van der Waals surface area contributed by atoms with Crippen LogP contribution in [-0.2, 0) is 20.7 Å². The predicted octanol–water partition coefficient (Wildman–Crippen LogP) is 2.77. The number of primary amides is 1. The molecule has 1 saturated heterocycles. The standard InChI is InChI=1S/C22H25FN2O3/c1-15(2)20(26)25-9-10-28-22(14-25,21(24)27)13-16-5-3-6-17(11-16)18-7-4-8-19(23)12-18/h3-8,11-12,15H,9-10,13-14H2,1-2H3,(H2,24,27)/t22-/m0/s1. The number of nitrogens with zero attached hydrogens (tertiary/aromatic N) is 1. The van der Waals surface area contributed by atoms with E-state index < -0.39 is 11.5 Å². The second-order valence-corrected chi connectivity index (χ2v) is 7.51. The van der Waals surface area contributed by atoms with E-state index in [2.05, 4.69) is 0 Å². The molecule has 148 valence electrons. The fraction of sp³-hybridized carbons (Fsp3) is 0.364. The molecule has 2 N–H and O–H groups in total. The van der Waals surface area contributed by atoms with E-state index in [1.165, 1.54) is 12.1 Å². The minimum absolute atomic E-state index is 0.0255. The van der Waals surface area contributed by atoms with E-state index in [1.807, 2.05) is 44.2 Å². The number of nitrogens with two attached hydrogens (primary N) is 1. The highest BCUT2D eigenvalue weighted by Crippen LogP contribution is 2.27. The van der Waals surface area contributed by atoms with Crippen molar-refractivity contribution in [2.24, 2.45) is 11.7 Å². The van der Waals surface area contributed by atoms with Gasteiger partial charge in [0.25, 0.3) is 5.91 Å². The number of amides is 2. The zero-order valence-corrected chi connectivity index (χ0v) is 16.2. The Kier molecular flexibility index (Phi) is 5.79. The summed E-state index contributed by atoms with van der Waals surface area (Å²) in [5, 5.41) is 0. The molecular formula is C22H25FN2O3. The maximum absolute atomic E-state index is 13.6. The first-order valence-electron chi connectivity index (χ1n) is 9.38. The van der Waals surface area contributed by atoms with Gasteiger partial charge in [0.2, 0.25) is 5.91 Å². The van der Waals surface area contributed by atoms with Crippen molar-refractivity contribution in [2.45, 2.75) is 25.9 Å². The highest BCUT2D eigenvalue weighted by molar-refractivity contribution is 5.86. The third-order valence-corrected chi connectivity index (χ3v) is 5.02. The average Bonchev–Trinajstić information content (AvgIpc) is 2.67. The lowest BCUT2D eigenvalue weighted by Gasteiger charge is -2.41. The normalized spacial score (nSPS) is 19.6. The second-order valence-electron chi connectivity index (χ2n) is 7.51. The lowest BCUT2D eigenvalue weighted by atomic mass is 9.89. The van der Waals surface area contributed by atoms with Gasteiger partial charge in [0.05, 0.1) is 13.2 Å². The van der Waals surface area contributed by atoms with Gasteiger partial charge in [-0.3, -0.25) is 9.59 Å². The van der Waals surface area contributed by atoms with E-state index in [0.717, 1.165) is 16.7 Å². The maximum Gasteiger partial charge on any atom is 0.251 e. The second kappa shape index (κ2) is 8.10. The molecule has 2 aromatic rings. The van der Waals surface area contributed by atoms with Crippen molar-refractivity contribution in [3.05, 3.63) is 59.9 Å². The van der Waals surface area contributed by atoms with Crippen LogP contribution in [0.15, 0.2) is 48.5 Å². The Bertz CT molecular complexity index is 884. The molecule has 0 unspecified atom stereocenters. The summed E-state index contributed by atoms with van der Waals surface area (Å²) in [7, 11) is 0. The Labute approximate surface area is 164 Å². The largest absolute Gasteiger partial charge is 0.367 e. The van der Waals surface area contributed by atoms with Crippen LogP contribution in [0.3, 0.4) is 0 Å². The van der Waals surface area contributed by atoms with Gasteiger partial charge in [-0.25, -0.2) is 4.39 Å². The molecular weight excluding hydrogens is 359 g/mol. The quantitative estimate of drug-likeness (QED) is 0.862. The zero-order chi connectivity index (χ0) is 20.3. The number of hydrogen-bond acceptors (Lipinski definition) is 3. The van der Waals surface area contributed by atoms with Gasteiger partial charge in [-0.15, -0.1) is 0 Å². The van der Waals surface area contributed by atoms with Crippen LogP contribution in [0.5, 0.6) is 0 Å².